The number of aromatic nitrogens is 1. The van der Waals surface area contributed by atoms with Gasteiger partial charge < -0.3 is 0 Å². The van der Waals surface area contributed by atoms with Crippen LogP contribution in [0.15, 0.2) is 28.9 Å². The van der Waals surface area contributed by atoms with E-state index in [9.17, 15) is 0 Å². The molecule has 0 bridgehead atoms. The van der Waals surface area contributed by atoms with Crippen molar-refractivity contribution in [2.24, 2.45) is 0 Å². The van der Waals surface area contributed by atoms with E-state index < -0.39 is 0 Å². The molecule has 2 nitrogen and oxygen atoms in total. The molecular weight excluding hydrogens is 240 g/mol. The van der Waals surface area contributed by atoms with Crippen molar-refractivity contribution < 1.29 is 0 Å². The largest absolute Gasteiger partial charge is 0.255 e. The number of aryl methyl sites for hydroxylation is 1. The molecule has 0 saturated carbocycles. The van der Waals surface area contributed by atoms with Gasteiger partial charge in [0.25, 0.3) is 0 Å². The maximum Gasteiger partial charge on any atom is 0.0998 e. The van der Waals surface area contributed by atoms with Crippen molar-refractivity contribution in [3.05, 3.63) is 40.0 Å². The molecule has 0 aliphatic carbocycles. The summed E-state index contributed by atoms with van der Waals surface area (Å²) in [5.74, 6) is 0. The van der Waals surface area contributed by atoms with Crippen LogP contribution in [0.25, 0.3) is 10.9 Å². The van der Waals surface area contributed by atoms with Crippen molar-refractivity contribution in [2.75, 3.05) is 0 Å². The lowest BCUT2D eigenvalue weighted by molar-refractivity contribution is 1.34. The van der Waals surface area contributed by atoms with Crippen molar-refractivity contribution in [3.8, 4) is 6.07 Å². The zero-order valence-electron chi connectivity index (χ0n) is 7.58. The van der Waals surface area contributed by atoms with E-state index in [4.69, 9.17) is 5.26 Å². The lowest BCUT2D eigenvalue weighted by Gasteiger charge is -2.02. The molecule has 1 heterocycles. The third-order valence-corrected chi connectivity index (χ3v) is 2.57. The number of hydrogen-bond acceptors (Lipinski definition) is 2. The van der Waals surface area contributed by atoms with Crippen LogP contribution in [0.5, 0.6) is 0 Å². The van der Waals surface area contributed by atoms with Gasteiger partial charge in [-0.1, -0.05) is 6.07 Å². The zero-order chi connectivity index (χ0) is 10.1. The number of rotatable bonds is 0. The molecule has 0 aliphatic rings. The van der Waals surface area contributed by atoms with Crippen molar-refractivity contribution >= 4 is 26.8 Å². The Hall–Kier alpha value is -1.40. The molecule has 2 aromatic rings. The van der Waals surface area contributed by atoms with Crippen LogP contribution < -0.4 is 0 Å². The molecule has 0 spiro atoms. The standard InChI is InChI=1S/C11H7BrN2/c1-7-2-3-8(5-13)10-4-9(12)6-14-11(7)10/h2-4,6H,1H3. The molecule has 0 N–H and O–H groups in total. The summed E-state index contributed by atoms with van der Waals surface area (Å²) >= 11 is 3.35. The van der Waals surface area contributed by atoms with Crippen LogP contribution in [-0.2, 0) is 0 Å². The molecule has 14 heavy (non-hydrogen) atoms. The Labute approximate surface area is 90.3 Å². The number of nitrogens with zero attached hydrogens (tertiary/aromatic N) is 2. The molecule has 0 amide bonds. The van der Waals surface area contributed by atoms with Crippen molar-refractivity contribution in [2.45, 2.75) is 6.92 Å². The summed E-state index contributed by atoms with van der Waals surface area (Å²) in [6.45, 7) is 1.99. The Morgan fingerprint density at radius 3 is 2.93 bits per heavy atom. The summed E-state index contributed by atoms with van der Waals surface area (Å²) in [7, 11) is 0. The summed E-state index contributed by atoms with van der Waals surface area (Å²) in [6.07, 6.45) is 1.75. The fraction of sp³-hybridized carbons (Fsp3) is 0.0909. The quantitative estimate of drug-likeness (QED) is 0.716. The van der Waals surface area contributed by atoms with E-state index in [0.29, 0.717) is 5.56 Å². The first kappa shape index (κ1) is 9.17. The van der Waals surface area contributed by atoms with Crippen LogP contribution >= 0.6 is 15.9 Å². The normalized spacial score (nSPS) is 10.1. The molecule has 0 fully saturated rings. The Balaban J connectivity index is 2.94. The van der Waals surface area contributed by atoms with Gasteiger partial charge in [-0.2, -0.15) is 5.26 Å². The molecule has 0 unspecified atom stereocenters. The first-order valence-electron chi connectivity index (χ1n) is 4.17. The van der Waals surface area contributed by atoms with Crippen LogP contribution in [0.4, 0.5) is 0 Å². The minimum atomic E-state index is 0.666. The Bertz CT molecular complexity index is 541. The van der Waals surface area contributed by atoms with E-state index in [1.807, 2.05) is 25.1 Å². The summed E-state index contributed by atoms with van der Waals surface area (Å²) in [5, 5.41) is 9.83. The van der Waals surface area contributed by atoms with Gasteiger partial charge in [-0.25, -0.2) is 0 Å². The molecule has 0 radical (unpaired) electrons. The molecule has 3 heteroatoms. The van der Waals surface area contributed by atoms with Gasteiger partial charge in [-0.15, -0.1) is 0 Å². The molecule has 0 aliphatic heterocycles. The van der Waals surface area contributed by atoms with Gasteiger partial charge in [-0.05, 0) is 40.5 Å². The second-order valence-electron chi connectivity index (χ2n) is 3.09. The molecule has 1 aromatic carbocycles. The fourth-order valence-electron chi connectivity index (χ4n) is 1.43. The van der Waals surface area contributed by atoms with Gasteiger partial charge in [-0.3, -0.25) is 4.98 Å². The van der Waals surface area contributed by atoms with Crippen LogP contribution in [0.1, 0.15) is 11.1 Å². The maximum atomic E-state index is 8.92. The molecule has 1 aromatic heterocycles. The first-order valence-corrected chi connectivity index (χ1v) is 4.96. The molecule has 2 rings (SSSR count). The van der Waals surface area contributed by atoms with Crippen molar-refractivity contribution in [3.63, 3.8) is 0 Å². The second kappa shape index (κ2) is 3.39. The van der Waals surface area contributed by atoms with Crippen LogP contribution in [0.2, 0.25) is 0 Å². The van der Waals surface area contributed by atoms with E-state index in [1.54, 1.807) is 6.20 Å². The second-order valence-corrected chi connectivity index (χ2v) is 4.01. The monoisotopic (exact) mass is 246 g/mol. The number of nitriles is 1. The van der Waals surface area contributed by atoms with E-state index in [0.717, 1.165) is 20.9 Å². The Morgan fingerprint density at radius 1 is 1.43 bits per heavy atom. The minimum Gasteiger partial charge on any atom is -0.255 e. The topological polar surface area (TPSA) is 36.7 Å². The van der Waals surface area contributed by atoms with Crippen LogP contribution in [-0.4, -0.2) is 4.98 Å². The highest BCUT2D eigenvalue weighted by Crippen LogP contribution is 2.23. The fourth-order valence-corrected chi connectivity index (χ4v) is 1.76. The van der Waals surface area contributed by atoms with Gasteiger partial charge in [0.05, 0.1) is 17.1 Å². The average molecular weight is 247 g/mol. The first-order chi connectivity index (χ1) is 6.72. The average Bonchev–Trinajstić information content (AvgIpc) is 2.18. The van der Waals surface area contributed by atoms with Crippen molar-refractivity contribution in [1.82, 2.24) is 4.98 Å². The smallest absolute Gasteiger partial charge is 0.0998 e. The zero-order valence-corrected chi connectivity index (χ0v) is 9.17. The van der Waals surface area contributed by atoms with E-state index >= 15 is 0 Å². The number of halogens is 1. The van der Waals surface area contributed by atoms with Gasteiger partial charge in [0.1, 0.15) is 0 Å². The molecule has 68 valence electrons. The summed E-state index contributed by atoms with van der Waals surface area (Å²) in [5.41, 5.74) is 2.65. The van der Waals surface area contributed by atoms with Crippen LogP contribution in [0.3, 0.4) is 0 Å². The number of benzene rings is 1. The SMILES string of the molecule is Cc1ccc(C#N)c2cc(Br)cnc12. The number of hydrogen-bond donors (Lipinski definition) is 0. The summed E-state index contributed by atoms with van der Waals surface area (Å²) < 4.78 is 0.895. The van der Waals surface area contributed by atoms with Gasteiger partial charge in [0.15, 0.2) is 0 Å². The predicted octanol–water partition coefficient (Wildman–Crippen LogP) is 3.18. The highest BCUT2D eigenvalue weighted by Gasteiger charge is 2.04. The number of pyridine rings is 1. The predicted molar refractivity (Wildman–Crippen MR) is 58.9 cm³/mol. The lowest BCUT2D eigenvalue weighted by atomic mass is 10.1. The van der Waals surface area contributed by atoms with Gasteiger partial charge >= 0.3 is 0 Å². The Kier molecular flexibility index (Phi) is 2.22. The number of fused-ring (bicyclic) bond motifs is 1. The third kappa shape index (κ3) is 1.38. The summed E-state index contributed by atoms with van der Waals surface area (Å²) in [6, 6.07) is 7.83. The van der Waals surface area contributed by atoms with E-state index in [-0.39, 0.29) is 0 Å². The van der Waals surface area contributed by atoms with Gasteiger partial charge in [0.2, 0.25) is 0 Å². The van der Waals surface area contributed by atoms with Gasteiger partial charge in [0, 0.05) is 16.1 Å². The lowest BCUT2D eigenvalue weighted by Crippen LogP contribution is -1.86. The maximum absolute atomic E-state index is 8.92. The Morgan fingerprint density at radius 2 is 2.21 bits per heavy atom. The van der Waals surface area contributed by atoms with E-state index in [2.05, 4.69) is 27.0 Å². The molecular formula is C11H7BrN2. The third-order valence-electron chi connectivity index (χ3n) is 2.14. The van der Waals surface area contributed by atoms with Crippen LogP contribution in [0, 0.1) is 18.3 Å². The molecule has 0 saturated heterocycles. The summed E-state index contributed by atoms with van der Waals surface area (Å²) in [4.78, 5) is 4.29. The highest BCUT2D eigenvalue weighted by molar-refractivity contribution is 9.10. The minimum absolute atomic E-state index is 0.666. The highest BCUT2D eigenvalue weighted by atomic mass is 79.9. The molecule has 0 atom stereocenters. The van der Waals surface area contributed by atoms with E-state index in [1.165, 1.54) is 0 Å². The van der Waals surface area contributed by atoms with Crippen molar-refractivity contribution in [1.29, 1.82) is 5.26 Å².